The minimum absolute atomic E-state index is 0.206. The Balaban J connectivity index is 0.769. The molecule has 0 aliphatic carbocycles. The van der Waals surface area contributed by atoms with Crippen molar-refractivity contribution in [1.82, 2.24) is 0 Å². The summed E-state index contributed by atoms with van der Waals surface area (Å²) >= 11 is 0. The molecule has 0 spiro atoms. The minimum atomic E-state index is -0.581. The van der Waals surface area contributed by atoms with Crippen LogP contribution in [0.3, 0.4) is 0 Å². The number of hydrogen-bond donors (Lipinski definition) is 0. The summed E-state index contributed by atoms with van der Waals surface area (Å²) in [5, 5.41) is 0. The van der Waals surface area contributed by atoms with E-state index in [1.165, 1.54) is 61.4 Å². The summed E-state index contributed by atoms with van der Waals surface area (Å²) < 4.78 is 33.7. The molecule has 0 fully saturated rings. The van der Waals surface area contributed by atoms with Gasteiger partial charge in [0.1, 0.15) is 34.5 Å². The van der Waals surface area contributed by atoms with Gasteiger partial charge in [0.05, 0.1) is 46.8 Å². The number of ketones is 1. The number of rotatable bonds is 26. The predicted molar refractivity (Wildman–Crippen MR) is 309 cm³/mol. The third-order valence-corrected chi connectivity index (χ3v) is 12.4. The number of hydrogen-bond acceptors (Lipinski definition) is 13. The molecule has 0 atom stereocenters. The van der Waals surface area contributed by atoms with Crippen LogP contribution in [0.5, 0.6) is 34.5 Å². The summed E-state index contributed by atoms with van der Waals surface area (Å²) in [6.45, 7) is 5.58. The van der Waals surface area contributed by atoms with Crippen LogP contribution in [0.2, 0.25) is 0 Å². The summed E-state index contributed by atoms with van der Waals surface area (Å²) in [5.41, 5.74) is 4.78. The molecule has 0 bridgehead atoms. The van der Waals surface area contributed by atoms with Crippen molar-refractivity contribution >= 4 is 53.5 Å². The maximum Gasteiger partial charge on any atom is 0.343 e. The fourth-order valence-corrected chi connectivity index (χ4v) is 7.96. The topological polar surface area (TPSA) is 165 Å². The fourth-order valence-electron chi connectivity index (χ4n) is 7.96. The second-order valence-electron chi connectivity index (χ2n) is 18.6. The lowest BCUT2D eigenvalue weighted by atomic mass is 10.0. The normalized spacial score (nSPS) is 11.0. The number of ether oxygens (including phenoxy) is 6. The zero-order chi connectivity index (χ0) is 55.9. The first-order valence-corrected chi connectivity index (χ1v) is 26.7. The highest BCUT2D eigenvalue weighted by atomic mass is 16.5. The number of carbonyl (C=O) groups excluding carboxylic acids is 5. The molecule has 8 aromatic rings. The first kappa shape index (κ1) is 56.5. The molecule has 0 amide bonds. The quantitative estimate of drug-likeness (QED) is 0.0167. The van der Waals surface area contributed by atoms with Crippen molar-refractivity contribution in [2.45, 2.75) is 65.2 Å². The van der Waals surface area contributed by atoms with Gasteiger partial charge in [-0.05, 0) is 194 Å². The average molecular weight is 1070 g/mol. The number of carbonyl (C=O) groups is 5. The van der Waals surface area contributed by atoms with Gasteiger partial charge in [0, 0.05) is 23.6 Å². The summed E-state index contributed by atoms with van der Waals surface area (Å²) in [6, 6.07) is 53.4. The van der Waals surface area contributed by atoms with Gasteiger partial charge in [-0.2, -0.15) is 0 Å². The molecule has 404 valence electrons. The van der Waals surface area contributed by atoms with E-state index in [2.05, 4.69) is 23.8 Å². The smallest absolute Gasteiger partial charge is 0.343 e. The maximum absolute atomic E-state index is 13.7. The van der Waals surface area contributed by atoms with Gasteiger partial charge in [-0.15, -0.1) is 0 Å². The third-order valence-electron chi connectivity index (χ3n) is 12.4. The van der Waals surface area contributed by atoms with Gasteiger partial charge in [-0.25, -0.2) is 19.2 Å². The zero-order valence-corrected chi connectivity index (χ0v) is 44.6. The van der Waals surface area contributed by atoms with Crippen molar-refractivity contribution in [3.05, 3.63) is 239 Å². The fraction of sp³-hybridized carbons (Fsp3) is 0.179. The van der Waals surface area contributed by atoms with Crippen LogP contribution in [0, 0.1) is 0 Å². The second-order valence-corrected chi connectivity index (χ2v) is 18.6. The molecule has 0 unspecified atom stereocenters. The lowest BCUT2D eigenvalue weighted by Crippen LogP contribution is -2.10. The Morgan fingerprint density at radius 2 is 0.637 bits per heavy atom. The highest BCUT2D eigenvalue weighted by Gasteiger charge is 2.16. The average Bonchev–Trinajstić information content (AvgIpc) is 3.50. The van der Waals surface area contributed by atoms with Crippen LogP contribution in [0.4, 0.5) is 11.4 Å². The van der Waals surface area contributed by atoms with E-state index in [9.17, 15) is 24.0 Å². The van der Waals surface area contributed by atoms with Crippen LogP contribution in [-0.4, -0.2) is 55.3 Å². The largest absolute Gasteiger partial charge is 0.494 e. The summed E-state index contributed by atoms with van der Waals surface area (Å²) in [5.74, 6) is 0.177. The number of unbranched alkanes of at least 4 members (excludes halogenated alkanes) is 6. The summed E-state index contributed by atoms with van der Waals surface area (Å²) in [6.07, 6.45) is 12.2. The minimum Gasteiger partial charge on any atom is -0.494 e. The van der Waals surface area contributed by atoms with E-state index in [1.807, 2.05) is 0 Å². The molecule has 0 radical (unpaired) electrons. The molecule has 0 N–H and O–H groups in total. The zero-order valence-electron chi connectivity index (χ0n) is 44.6. The summed E-state index contributed by atoms with van der Waals surface area (Å²) in [7, 11) is 0. The van der Waals surface area contributed by atoms with Gasteiger partial charge in [0.15, 0.2) is 5.78 Å². The van der Waals surface area contributed by atoms with Crippen LogP contribution in [0.25, 0.3) is 0 Å². The van der Waals surface area contributed by atoms with Crippen LogP contribution < -0.4 is 28.4 Å². The SMILES string of the molecule is CCCCCCOc1ccc(C(=O)Oc2ccc(C(=O)Oc3ccc(C=Nc4cccc(C(=O)c5cccc(N=Cc6ccc(OC(=O)c7ccc(OC(=O)c8ccc(OCCCCCC)cc8)cc7)cc6)c5)c4)cc3)cc2)cc1. The number of nitrogens with zero attached hydrogens (tertiary/aromatic N) is 2. The second kappa shape index (κ2) is 29.1. The monoisotopic (exact) mass is 1070 g/mol. The number of benzene rings is 8. The molecular weight excluding hydrogens is 1010 g/mol. The first-order valence-electron chi connectivity index (χ1n) is 26.7. The highest BCUT2D eigenvalue weighted by Crippen LogP contribution is 2.25. The molecule has 0 aliphatic heterocycles. The van der Waals surface area contributed by atoms with Gasteiger partial charge in [-0.3, -0.25) is 14.8 Å². The Labute approximate surface area is 465 Å². The van der Waals surface area contributed by atoms with Crippen molar-refractivity contribution in [2.24, 2.45) is 9.98 Å². The van der Waals surface area contributed by atoms with Crippen molar-refractivity contribution in [3.63, 3.8) is 0 Å². The van der Waals surface area contributed by atoms with Crippen molar-refractivity contribution < 1.29 is 52.4 Å². The molecule has 8 rings (SSSR count). The summed E-state index contributed by atoms with van der Waals surface area (Å²) in [4.78, 5) is 74.2. The maximum atomic E-state index is 13.7. The van der Waals surface area contributed by atoms with E-state index >= 15 is 0 Å². The molecule has 0 saturated heterocycles. The van der Waals surface area contributed by atoms with Crippen LogP contribution in [-0.2, 0) is 0 Å². The molecule has 0 aliphatic rings. The van der Waals surface area contributed by atoms with Gasteiger partial charge in [0.2, 0.25) is 0 Å². The van der Waals surface area contributed by atoms with Gasteiger partial charge in [0.25, 0.3) is 0 Å². The molecule has 0 saturated carbocycles. The Hall–Kier alpha value is -9.75. The Kier molecular flexibility index (Phi) is 20.5. The van der Waals surface area contributed by atoms with Gasteiger partial charge < -0.3 is 28.4 Å². The lowest BCUT2D eigenvalue weighted by Gasteiger charge is -2.08. The van der Waals surface area contributed by atoms with E-state index in [-0.39, 0.29) is 28.4 Å². The van der Waals surface area contributed by atoms with Crippen molar-refractivity contribution in [1.29, 1.82) is 0 Å². The van der Waals surface area contributed by atoms with Crippen molar-refractivity contribution in [3.8, 4) is 34.5 Å². The Bertz CT molecular complexity index is 3180. The Morgan fingerprint density at radius 1 is 0.338 bits per heavy atom. The molecule has 0 heterocycles. The standard InChI is InChI=1S/C67H60N2O11/c1-3-5-7-9-41-75-57-33-21-49(22-34-57)64(71)79-61-37-25-51(26-38-61)66(73)77-59-29-17-47(18-30-59)45-68-55-15-11-13-53(43-55)63(70)54-14-12-16-56(44-54)69-46-48-19-31-60(32-20-48)78-67(74)52-27-39-62(40-28-52)80-65(72)50-23-35-58(36-24-50)76-42-10-8-6-4-2/h11-40,43-46H,3-10,41-42H2,1-2H3. The molecular formula is C67H60N2O11. The molecule has 13 nitrogen and oxygen atoms in total. The first-order chi connectivity index (χ1) is 39.1. The van der Waals surface area contributed by atoms with E-state index in [0.717, 1.165) is 49.7 Å². The Morgan fingerprint density at radius 3 is 0.950 bits per heavy atom. The van der Waals surface area contributed by atoms with Crippen molar-refractivity contribution in [2.75, 3.05) is 13.2 Å². The van der Waals surface area contributed by atoms with E-state index in [4.69, 9.17) is 28.4 Å². The molecule has 80 heavy (non-hydrogen) atoms. The predicted octanol–water partition coefficient (Wildman–Crippen LogP) is 15.2. The highest BCUT2D eigenvalue weighted by molar-refractivity contribution is 6.10. The molecule has 13 heteroatoms. The molecule has 0 aromatic heterocycles. The van der Waals surface area contributed by atoms with E-state index in [0.29, 0.717) is 69.8 Å². The van der Waals surface area contributed by atoms with Crippen LogP contribution in [0.15, 0.2) is 204 Å². The van der Waals surface area contributed by atoms with E-state index in [1.54, 1.807) is 158 Å². The van der Waals surface area contributed by atoms with Crippen LogP contribution in [0.1, 0.15) is 134 Å². The number of esters is 4. The third kappa shape index (κ3) is 17.1. The van der Waals surface area contributed by atoms with Crippen LogP contribution >= 0.6 is 0 Å². The molecule has 8 aromatic carbocycles. The number of aliphatic imine (C=N–C) groups is 2. The van der Waals surface area contributed by atoms with Gasteiger partial charge >= 0.3 is 23.9 Å². The van der Waals surface area contributed by atoms with E-state index < -0.39 is 23.9 Å². The van der Waals surface area contributed by atoms with Gasteiger partial charge in [-0.1, -0.05) is 76.6 Å². The lowest BCUT2D eigenvalue weighted by molar-refractivity contribution is 0.0720.